The van der Waals surface area contributed by atoms with Gasteiger partial charge in [0.1, 0.15) is 12.6 Å². The van der Waals surface area contributed by atoms with Crippen molar-refractivity contribution in [1.82, 2.24) is 10.6 Å². The van der Waals surface area contributed by atoms with Gasteiger partial charge in [-0.05, 0) is 31.9 Å². The number of halogens is 1. The number of amides is 1. The van der Waals surface area contributed by atoms with E-state index in [4.69, 9.17) is 4.74 Å². The second-order valence-corrected chi connectivity index (χ2v) is 5.18. The highest BCUT2D eigenvalue weighted by Gasteiger charge is 2.21. The van der Waals surface area contributed by atoms with Gasteiger partial charge in [0.05, 0.1) is 0 Å². The normalized spacial score (nSPS) is 12.4. The number of benzene rings is 1. The Morgan fingerprint density at radius 3 is 2.50 bits per heavy atom. The molecule has 0 radical (unpaired) electrons. The molecule has 0 aromatic heterocycles. The highest BCUT2D eigenvalue weighted by Crippen LogP contribution is 2.07. The maximum absolute atomic E-state index is 11.7. The maximum Gasteiger partial charge on any atom is 0.408 e. The summed E-state index contributed by atoms with van der Waals surface area (Å²) >= 11 is 0. The van der Waals surface area contributed by atoms with E-state index in [1.165, 1.54) is 0 Å². The van der Waals surface area contributed by atoms with Crippen LogP contribution in [0.15, 0.2) is 43.0 Å². The van der Waals surface area contributed by atoms with Crippen LogP contribution in [0, 0.1) is 0 Å². The Bertz CT molecular complexity index is 511. The fourth-order valence-electron chi connectivity index (χ4n) is 2.11. The highest BCUT2D eigenvalue weighted by atomic mass is 35.5. The first-order valence-corrected chi connectivity index (χ1v) is 7.55. The molecule has 0 heterocycles. The Hall–Kier alpha value is -2.05. The lowest BCUT2D eigenvalue weighted by Gasteiger charge is -2.18. The van der Waals surface area contributed by atoms with Gasteiger partial charge in [0.15, 0.2) is 0 Å². The van der Waals surface area contributed by atoms with E-state index < -0.39 is 18.1 Å². The summed E-state index contributed by atoms with van der Waals surface area (Å²) in [6.07, 6.45) is 2.71. The summed E-state index contributed by atoms with van der Waals surface area (Å²) in [5.74, 6) is -1.07. The smallest absolute Gasteiger partial charge is 0.408 e. The monoisotopic (exact) mass is 356 g/mol. The topological polar surface area (TPSA) is 87.7 Å². The lowest BCUT2D eigenvalue weighted by Crippen LogP contribution is -2.42. The number of alkyl carbamates (subject to hydrolysis) is 1. The predicted octanol–water partition coefficient (Wildman–Crippen LogP) is 2.73. The van der Waals surface area contributed by atoms with Crippen molar-refractivity contribution in [2.75, 3.05) is 7.05 Å². The van der Waals surface area contributed by atoms with Gasteiger partial charge in [0.25, 0.3) is 0 Å². The average Bonchev–Trinajstić information content (AvgIpc) is 2.56. The standard InChI is InChI=1S/C17H24N2O4.ClH/c1-3-7-14(18-2)10-11-15(16(20)21)19-17(22)23-12-13-8-5-4-6-9-13;/h3-6,8-9,14-15,18H,1,7,10-12H2,2H3,(H,19,22)(H,20,21);1H. The van der Waals surface area contributed by atoms with Crippen LogP contribution in [0.3, 0.4) is 0 Å². The predicted molar refractivity (Wildman–Crippen MR) is 95.3 cm³/mol. The molecule has 1 aromatic rings. The molecule has 0 aliphatic carbocycles. The molecule has 2 unspecified atom stereocenters. The molecule has 24 heavy (non-hydrogen) atoms. The minimum atomic E-state index is -1.07. The molecule has 0 aliphatic rings. The first-order valence-electron chi connectivity index (χ1n) is 7.55. The van der Waals surface area contributed by atoms with E-state index in [-0.39, 0.29) is 25.1 Å². The Morgan fingerprint density at radius 2 is 1.96 bits per heavy atom. The lowest BCUT2D eigenvalue weighted by molar-refractivity contribution is -0.139. The summed E-state index contributed by atoms with van der Waals surface area (Å²) in [6, 6.07) is 8.37. The number of carboxylic acid groups (broad SMARTS) is 1. The van der Waals surface area contributed by atoms with Gasteiger partial charge in [-0.1, -0.05) is 36.4 Å². The molecule has 6 nitrogen and oxygen atoms in total. The van der Waals surface area contributed by atoms with Crippen molar-refractivity contribution in [3.63, 3.8) is 0 Å². The molecule has 0 bridgehead atoms. The molecule has 1 aromatic carbocycles. The van der Waals surface area contributed by atoms with E-state index in [0.717, 1.165) is 12.0 Å². The zero-order valence-electron chi connectivity index (χ0n) is 13.7. The summed E-state index contributed by atoms with van der Waals surface area (Å²) in [6.45, 7) is 3.77. The van der Waals surface area contributed by atoms with Crippen molar-refractivity contribution >= 4 is 24.5 Å². The molecule has 0 spiro atoms. The van der Waals surface area contributed by atoms with Crippen LogP contribution in [0.5, 0.6) is 0 Å². The largest absolute Gasteiger partial charge is 0.480 e. The molecule has 1 amide bonds. The molecule has 2 atom stereocenters. The molecule has 134 valence electrons. The number of nitrogens with one attached hydrogen (secondary N) is 2. The zero-order valence-corrected chi connectivity index (χ0v) is 14.6. The van der Waals surface area contributed by atoms with Crippen molar-refractivity contribution in [3.05, 3.63) is 48.6 Å². The van der Waals surface area contributed by atoms with Gasteiger partial charge in [-0.3, -0.25) is 0 Å². The summed E-state index contributed by atoms with van der Waals surface area (Å²) in [4.78, 5) is 23.0. The zero-order chi connectivity index (χ0) is 17.1. The van der Waals surface area contributed by atoms with Crippen LogP contribution in [0.4, 0.5) is 4.79 Å². The van der Waals surface area contributed by atoms with Crippen molar-refractivity contribution in [2.45, 2.75) is 38.0 Å². The third-order valence-electron chi connectivity index (χ3n) is 3.47. The average molecular weight is 357 g/mol. The van der Waals surface area contributed by atoms with Crippen LogP contribution in [0.2, 0.25) is 0 Å². The minimum Gasteiger partial charge on any atom is -0.480 e. The molecule has 1 rings (SSSR count). The fourth-order valence-corrected chi connectivity index (χ4v) is 2.11. The molecule has 0 aliphatic heterocycles. The van der Waals surface area contributed by atoms with Crippen LogP contribution in [0.1, 0.15) is 24.8 Å². The Kier molecular flexibility index (Phi) is 11.3. The van der Waals surface area contributed by atoms with E-state index in [9.17, 15) is 14.7 Å². The van der Waals surface area contributed by atoms with E-state index >= 15 is 0 Å². The number of ether oxygens (including phenoxy) is 1. The molecular weight excluding hydrogens is 332 g/mol. The molecule has 0 saturated carbocycles. The van der Waals surface area contributed by atoms with Gasteiger partial charge >= 0.3 is 12.1 Å². The van der Waals surface area contributed by atoms with Crippen molar-refractivity contribution in [3.8, 4) is 0 Å². The third kappa shape index (κ3) is 8.55. The second kappa shape index (κ2) is 12.4. The van der Waals surface area contributed by atoms with Crippen LogP contribution >= 0.6 is 12.4 Å². The highest BCUT2D eigenvalue weighted by molar-refractivity contribution is 5.85. The van der Waals surface area contributed by atoms with E-state index in [1.807, 2.05) is 37.4 Å². The number of hydrogen-bond donors (Lipinski definition) is 3. The second-order valence-electron chi connectivity index (χ2n) is 5.18. The quantitative estimate of drug-likeness (QED) is 0.561. The molecule has 7 heteroatoms. The Morgan fingerprint density at radius 1 is 1.29 bits per heavy atom. The van der Waals surface area contributed by atoms with Crippen molar-refractivity contribution in [2.24, 2.45) is 0 Å². The van der Waals surface area contributed by atoms with Crippen LogP contribution in [0.25, 0.3) is 0 Å². The molecule has 3 N–H and O–H groups in total. The number of carbonyl (C=O) groups excluding carboxylic acids is 1. The fraction of sp³-hybridized carbons (Fsp3) is 0.412. The SMILES string of the molecule is C=CCC(CCC(NC(=O)OCc1ccccc1)C(=O)O)NC.Cl. The van der Waals surface area contributed by atoms with Gasteiger partial charge < -0.3 is 20.5 Å². The maximum atomic E-state index is 11.7. The van der Waals surface area contributed by atoms with Gasteiger partial charge in [0, 0.05) is 6.04 Å². The molecule has 0 saturated heterocycles. The number of rotatable bonds is 10. The Labute approximate surface area is 148 Å². The molecular formula is C17H25ClN2O4. The summed E-state index contributed by atoms with van der Waals surface area (Å²) in [5.41, 5.74) is 0.843. The van der Waals surface area contributed by atoms with Crippen molar-refractivity contribution < 1.29 is 19.4 Å². The number of carbonyl (C=O) groups is 2. The minimum absolute atomic E-state index is 0. The van der Waals surface area contributed by atoms with E-state index in [2.05, 4.69) is 17.2 Å². The summed E-state index contributed by atoms with van der Waals surface area (Å²) < 4.78 is 5.04. The lowest BCUT2D eigenvalue weighted by atomic mass is 10.0. The first kappa shape index (κ1) is 21.9. The summed E-state index contributed by atoms with van der Waals surface area (Å²) in [5, 5.41) is 14.7. The van der Waals surface area contributed by atoms with Crippen molar-refractivity contribution in [1.29, 1.82) is 0 Å². The van der Waals surface area contributed by atoms with Gasteiger partial charge in [-0.2, -0.15) is 0 Å². The van der Waals surface area contributed by atoms with E-state index in [0.29, 0.717) is 12.8 Å². The van der Waals surface area contributed by atoms with Crippen LogP contribution < -0.4 is 10.6 Å². The molecule has 0 fully saturated rings. The number of hydrogen-bond acceptors (Lipinski definition) is 4. The van der Waals surface area contributed by atoms with Crippen LogP contribution in [-0.2, 0) is 16.1 Å². The van der Waals surface area contributed by atoms with Gasteiger partial charge in [0.2, 0.25) is 0 Å². The van der Waals surface area contributed by atoms with Gasteiger partial charge in [-0.15, -0.1) is 19.0 Å². The van der Waals surface area contributed by atoms with Crippen LogP contribution in [-0.4, -0.2) is 36.3 Å². The van der Waals surface area contributed by atoms with Gasteiger partial charge in [-0.25, -0.2) is 9.59 Å². The Balaban J connectivity index is 0.00000529. The number of aliphatic carboxylic acids is 1. The third-order valence-corrected chi connectivity index (χ3v) is 3.47. The first-order chi connectivity index (χ1) is 11.1. The van der Waals surface area contributed by atoms with E-state index in [1.54, 1.807) is 6.08 Å². The number of carboxylic acids is 1. The summed E-state index contributed by atoms with van der Waals surface area (Å²) in [7, 11) is 1.81.